The summed E-state index contributed by atoms with van der Waals surface area (Å²) < 4.78 is 28.3. The van der Waals surface area contributed by atoms with Crippen LogP contribution in [0.3, 0.4) is 0 Å². The molecule has 0 spiro atoms. The van der Waals surface area contributed by atoms with E-state index in [9.17, 15) is 22.8 Å². The lowest BCUT2D eigenvalue weighted by Crippen LogP contribution is -2.38. The molecule has 1 fully saturated rings. The molecular formula is C21H23N3O6S2. The Kier molecular flexibility index (Phi) is 6.56. The van der Waals surface area contributed by atoms with E-state index in [0.29, 0.717) is 23.4 Å². The van der Waals surface area contributed by atoms with Gasteiger partial charge < -0.3 is 15.4 Å². The average molecular weight is 478 g/mol. The van der Waals surface area contributed by atoms with Gasteiger partial charge in [0.1, 0.15) is 5.00 Å². The third-order valence-corrected chi connectivity index (χ3v) is 8.43. The van der Waals surface area contributed by atoms with E-state index in [4.69, 9.17) is 4.74 Å². The molecule has 1 atom stereocenters. The van der Waals surface area contributed by atoms with Crippen molar-refractivity contribution < 1.29 is 27.5 Å². The molecule has 170 valence electrons. The number of esters is 1. The minimum atomic E-state index is -3.12. The van der Waals surface area contributed by atoms with E-state index in [1.54, 1.807) is 18.3 Å². The maximum absolute atomic E-state index is 12.9. The Morgan fingerprint density at radius 3 is 2.75 bits per heavy atom. The Morgan fingerprint density at radius 1 is 1.22 bits per heavy atom. The molecule has 1 aliphatic carbocycles. The lowest BCUT2D eigenvalue weighted by molar-refractivity contribution is -0.124. The second kappa shape index (κ2) is 9.37. The Balaban J connectivity index is 1.45. The van der Waals surface area contributed by atoms with E-state index in [1.807, 2.05) is 0 Å². The van der Waals surface area contributed by atoms with Crippen LogP contribution in [-0.4, -0.2) is 55.3 Å². The zero-order valence-corrected chi connectivity index (χ0v) is 18.9. The van der Waals surface area contributed by atoms with Crippen LogP contribution < -0.4 is 10.6 Å². The van der Waals surface area contributed by atoms with E-state index < -0.39 is 34.4 Å². The number of nitrogens with one attached hydrogen (secondary N) is 2. The van der Waals surface area contributed by atoms with E-state index in [0.717, 1.165) is 29.7 Å². The lowest BCUT2D eigenvalue weighted by atomic mass is 9.95. The predicted molar refractivity (Wildman–Crippen MR) is 119 cm³/mol. The largest absolute Gasteiger partial charge is 0.452 e. The monoisotopic (exact) mass is 477 g/mol. The number of hydrogen-bond acceptors (Lipinski definition) is 8. The van der Waals surface area contributed by atoms with Crippen LogP contribution in [0.1, 0.15) is 50.4 Å². The summed E-state index contributed by atoms with van der Waals surface area (Å²) in [7, 11) is -3.12. The minimum Gasteiger partial charge on any atom is -0.452 e. The fraction of sp³-hybridized carbons (Fsp3) is 0.429. The second-order valence-electron chi connectivity index (χ2n) is 7.85. The molecule has 2 amide bonds. The molecule has 11 heteroatoms. The number of thiophene rings is 1. The van der Waals surface area contributed by atoms with Crippen LogP contribution in [0.2, 0.25) is 0 Å². The Morgan fingerprint density at radius 2 is 2.03 bits per heavy atom. The third kappa shape index (κ3) is 5.16. The maximum Gasteiger partial charge on any atom is 0.341 e. The van der Waals surface area contributed by atoms with Gasteiger partial charge in [0.05, 0.1) is 22.6 Å². The van der Waals surface area contributed by atoms with Crippen molar-refractivity contribution in [3.63, 3.8) is 0 Å². The van der Waals surface area contributed by atoms with Crippen molar-refractivity contribution in [2.75, 3.05) is 23.4 Å². The molecule has 0 saturated carbocycles. The van der Waals surface area contributed by atoms with Crippen LogP contribution >= 0.6 is 11.3 Å². The number of hydrogen-bond donors (Lipinski definition) is 2. The van der Waals surface area contributed by atoms with Crippen LogP contribution in [0.25, 0.3) is 0 Å². The van der Waals surface area contributed by atoms with Gasteiger partial charge in [-0.25, -0.2) is 13.2 Å². The molecule has 0 radical (unpaired) electrons. The normalized spacial score (nSPS) is 19.1. The highest BCUT2D eigenvalue weighted by Crippen LogP contribution is 2.38. The van der Waals surface area contributed by atoms with Gasteiger partial charge in [0.15, 0.2) is 16.4 Å². The fourth-order valence-corrected chi connectivity index (χ4v) is 6.87. The molecule has 2 aromatic rings. The number of carbonyl (C=O) groups excluding carboxylic acids is 3. The summed E-state index contributed by atoms with van der Waals surface area (Å²) in [5.41, 5.74) is 1.51. The summed E-state index contributed by atoms with van der Waals surface area (Å²) in [6.45, 7) is -0.518. The van der Waals surface area contributed by atoms with Gasteiger partial charge >= 0.3 is 5.97 Å². The molecule has 3 heterocycles. The van der Waals surface area contributed by atoms with Crippen molar-refractivity contribution in [3.8, 4) is 0 Å². The van der Waals surface area contributed by atoms with Gasteiger partial charge in [0, 0.05) is 23.3 Å². The molecule has 0 aromatic carbocycles. The Bertz CT molecular complexity index is 1140. The second-order valence-corrected chi connectivity index (χ2v) is 11.2. The molecule has 2 aromatic heterocycles. The number of rotatable bonds is 6. The van der Waals surface area contributed by atoms with Crippen LogP contribution in [0, 0.1) is 0 Å². The smallest absolute Gasteiger partial charge is 0.341 e. The van der Waals surface area contributed by atoms with E-state index in [1.165, 1.54) is 17.5 Å². The van der Waals surface area contributed by atoms with Crippen LogP contribution in [0.15, 0.2) is 24.5 Å². The number of pyridine rings is 1. The van der Waals surface area contributed by atoms with Crippen LogP contribution in [-0.2, 0) is 32.2 Å². The summed E-state index contributed by atoms with van der Waals surface area (Å²) in [5.74, 6) is -1.68. The third-order valence-electron chi connectivity index (χ3n) is 5.46. The fourth-order valence-electron chi connectivity index (χ4n) is 3.92. The molecule has 32 heavy (non-hydrogen) atoms. The van der Waals surface area contributed by atoms with Crippen molar-refractivity contribution in [2.45, 2.75) is 38.1 Å². The predicted octanol–water partition coefficient (Wildman–Crippen LogP) is 1.73. The number of carbonyl (C=O) groups is 3. The van der Waals surface area contributed by atoms with Crippen LogP contribution in [0.4, 0.5) is 5.00 Å². The highest BCUT2D eigenvalue weighted by Gasteiger charge is 2.30. The summed E-state index contributed by atoms with van der Waals surface area (Å²) in [4.78, 5) is 42.6. The van der Waals surface area contributed by atoms with E-state index in [-0.39, 0.29) is 23.0 Å². The van der Waals surface area contributed by atoms with Crippen molar-refractivity contribution in [1.29, 1.82) is 0 Å². The number of sulfone groups is 1. The molecule has 4 rings (SSSR count). The molecule has 0 bridgehead atoms. The zero-order chi connectivity index (χ0) is 22.7. The highest BCUT2D eigenvalue weighted by atomic mass is 32.2. The SMILES string of the molecule is O=C(COC(=O)c1c(NC(=O)c2cccnc2)sc2c1CCCC2)NC1CCS(=O)(=O)C1. The number of nitrogens with zero attached hydrogens (tertiary/aromatic N) is 1. The zero-order valence-electron chi connectivity index (χ0n) is 17.3. The van der Waals surface area contributed by atoms with Crippen LogP contribution in [0.5, 0.6) is 0 Å². The molecule has 9 nitrogen and oxygen atoms in total. The van der Waals surface area contributed by atoms with Gasteiger partial charge in [-0.05, 0) is 49.8 Å². The first-order chi connectivity index (χ1) is 15.3. The number of anilines is 1. The van der Waals surface area contributed by atoms with Crippen molar-refractivity contribution >= 4 is 44.0 Å². The number of fused-ring (bicyclic) bond motifs is 1. The molecule has 2 N–H and O–H groups in total. The minimum absolute atomic E-state index is 0.0404. The first kappa shape index (κ1) is 22.4. The quantitative estimate of drug-likeness (QED) is 0.606. The maximum atomic E-state index is 12.9. The van der Waals surface area contributed by atoms with Gasteiger partial charge in [0.2, 0.25) is 0 Å². The van der Waals surface area contributed by atoms with Crippen molar-refractivity contribution in [2.24, 2.45) is 0 Å². The van der Waals surface area contributed by atoms with E-state index in [2.05, 4.69) is 15.6 Å². The lowest BCUT2D eigenvalue weighted by Gasteiger charge is -2.14. The van der Waals surface area contributed by atoms with Gasteiger partial charge in [-0.3, -0.25) is 14.6 Å². The van der Waals surface area contributed by atoms with E-state index >= 15 is 0 Å². The van der Waals surface area contributed by atoms with Crippen molar-refractivity contribution in [3.05, 3.63) is 46.1 Å². The summed E-state index contributed by atoms with van der Waals surface area (Å²) in [5, 5.41) is 5.79. The Labute approximate surface area is 189 Å². The number of amides is 2. The average Bonchev–Trinajstić information content (AvgIpc) is 3.31. The van der Waals surface area contributed by atoms with Gasteiger partial charge in [-0.1, -0.05) is 0 Å². The molecule has 2 aliphatic rings. The standard InChI is InChI=1S/C21H23N3O6S2/c25-17(23-14-7-9-32(28,29)12-14)11-30-21(27)18-15-5-1-2-6-16(15)31-20(18)24-19(26)13-4-3-8-22-10-13/h3-4,8,10,14H,1-2,5-7,9,11-12H2,(H,23,25)(H,24,26). The first-order valence-electron chi connectivity index (χ1n) is 10.4. The number of aryl methyl sites for hydroxylation is 1. The number of ether oxygens (including phenoxy) is 1. The van der Waals surface area contributed by atoms with Crippen molar-refractivity contribution in [1.82, 2.24) is 10.3 Å². The van der Waals surface area contributed by atoms with Gasteiger partial charge in [0.25, 0.3) is 11.8 Å². The first-order valence-corrected chi connectivity index (χ1v) is 13.0. The molecular weight excluding hydrogens is 454 g/mol. The molecule has 1 saturated heterocycles. The van der Waals surface area contributed by atoms with Gasteiger partial charge in [-0.15, -0.1) is 11.3 Å². The molecule has 1 aliphatic heterocycles. The topological polar surface area (TPSA) is 132 Å². The summed E-state index contributed by atoms with van der Waals surface area (Å²) in [6, 6.07) is 2.81. The summed E-state index contributed by atoms with van der Waals surface area (Å²) >= 11 is 1.35. The highest BCUT2D eigenvalue weighted by molar-refractivity contribution is 7.91. The summed E-state index contributed by atoms with van der Waals surface area (Å²) in [6.07, 6.45) is 6.81. The molecule has 1 unspecified atom stereocenters. The van der Waals surface area contributed by atoms with Gasteiger partial charge in [-0.2, -0.15) is 0 Å². The number of aromatic nitrogens is 1. The Hall–Kier alpha value is -2.79.